The van der Waals surface area contributed by atoms with E-state index in [4.69, 9.17) is 4.84 Å². The first kappa shape index (κ1) is 12.4. The highest BCUT2D eigenvalue weighted by Crippen LogP contribution is 2.35. The molecule has 5 nitrogen and oxygen atoms in total. The van der Waals surface area contributed by atoms with Crippen LogP contribution in [0.25, 0.3) is 5.57 Å². The van der Waals surface area contributed by atoms with E-state index in [1.54, 1.807) is 28.5 Å². The Morgan fingerprint density at radius 2 is 2.53 bits per heavy atom. The van der Waals surface area contributed by atoms with Crippen LogP contribution in [0, 0.1) is 0 Å². The predicted octanol–water partition coefficient (Wildman–Crippen LogP) is 2.15. The van der Waals surface area contributed by atoms with Crippen molar-refractivity contribution < 1.29 is 9.63 Å². The number of hydroxylamine groups is 2. The summed E-state index contributed by atoms with van der Waals surface area (Å²) in [6.07, 6.45) is 3.44. The van der Waals surface area contributed by atoms with Crippen molar-refractivity contribution >= 4 is 22.9 Å². The van der Waals surface area contributed by atoms with Crippen molar-refractivity contribution in [2.24, 2.45) is 0 Å². The third kappa shape index (κ3) is 1.97. The van der Waals surface area contributed by atoms with Gasteiger partial charge in [0.2, 0.25) is 0 Å². The maximum absolute atomic E-state index is 12.2. The lowest BCUT2D eigenvalue weighted by Crippen LogP contribution is -2.34. The highest BCUT2D eigenvalue weighted by Gasteiger charge is 2.44. The Morgan fingerprint density at radius 1 is 1.68 bits per heavy atom. The van der Waals surface area contributed by atoms with Gasteiger partial charge in [-0.05, 0) is 12.5 Å². The van der Waals surface area contributed by atoms with Gasteiger partial charge in [0.15, 0.2) is 0 Å². The van der Waals surface area contributed by atoms with E-state index in [2.05, 4.69) is 18.5 Å². The van der Waals surface area contributed by atoms with Gasteiger partial charge in [0.05, 0.1) is 13.2 Å². The summed E-state index contributed by atoms with van der Waals surface area (Å²) in [7, 11) is 0. The fourth-order valence-electron chi connectivity index (χ4n) is 2.48. The Morgan fingerprint density at radius 3 is 3.21 bits per heavy atom. The number of hydrogen-bond acceptors (Lipinski definition) is 4. The van der Waals surface area contributed by atoms with E-state index in [1.807, 2.05) is 5.38 Å². The standard InChI is InChI=1S/C13H15N3O2S/c1-3-5-18-16-11-8-15(13(16)17)7-10(9(11)2)12-14-4-6-19-12/h3-4,6,11H,1,5,7-8H2,2H3. The molecule has 2 amide bonds. The van der Waals surface area contributed by atoms with Gasteiger partial charge in [-0.25, -0.2) is 9.78 Å². The molecule has 19 heavy (non-hydrogen) atoms. The summed E-state index contributed by atoms with van der Waals surface area (Å²) >= 11 is 1.60. The molecule has 1 unspecified atom stereocenters. The normalized spacial score (nSPS) is 22.4. The summed E-state index contributed by atoms with van der Waals surface area (Å²) < 4.78 is 0. The van der Waals surface area contributed by atoms with Crippen molar-refractivity contribution in [2.45, 2.75) is 13.0 Å². The summed E-state index contributed by atoms with van der Waals surface area (Å²) in [6.45, 7) is 7.32. The number of hydrogen-bond donors (Lipinski definition) is 0. The van der Waals surface area contributed by atoms with E-state index in [9.17, 15) is 4.79 Å². The zero-order valence-electron chi connectivity index (χ0n) is 10.7. The average molecular weight is 277 g/mol. The largest absolute Gasteiger partial charge is 0.344 e. The minimum absolute atomic E-state index is 0.0138. The van der Waals surface area contributed by atoms with Gasteiger partial charge in [0.25, 0.3) is 0 Å². The zero-order valence-corrected chi connectivity index (χ0v) is 11.5. The van der Waals surface area contributed by atoms with Crippen LogP contribution in [0.2, 0.25) is 0 Å². The van der Waals surface area contributed by atoms with Gasteiger partial charge in [-0.1, -0.05) is 6.08 Å². The number of amides is 2. The number of nitrogens with zero attached hydrogens (tertiary/aromatic N) is 3. The maximum Gasteiger partial charge on any atom is 0.344 e. The van der Waals surface area contributed by atoms with E-state index in [0.29, 0.717) is 19.7 Å². The van der Waals surface area contributed by atoms with Gasteiger partial charge >= 0.3 is 6.03 Å². The Bertz CT molecular complexity index is 538. The Balaban J connectivity index is 1.92. The second-order valence-corrected chi connectivity index (χ2v) is 5.48. The van der Waals surface area contributed by atoms with Crippen LogP contribution in [0.3, 0.4) is 0 Å². The van der Waals surface area contributed by atoms with Crippen LogP contribution in [0.4, 0.5) is 4.79 Å². The molecule has 2 bridgehead atoms. The van der Waals surface area contributed by atoms with Crippen LogP contribution in [0.15, 0.2) is 29.8 Å². The molecule has 2 aliphatic rings. The SMILES string of the molecule is C=CCON1C(=O)N2CC(c3nccs3)=C(C)C1C2. The molecular formula is C13H15N3O2S. The summed E-state index contributed by atoms with van der Waals surface area (Å²) in [6, 6.07) is -0.0853. The average Bonchev–Trinajstić information content (AvgIpc) is 3.01. The van der Waals surface area contributed by atoms with Crippen molar-refractivity contribution in [3.05, 3.63) is 34.8 Å². The number of thiazole rings is 1. The third-order valence-corrected chi connectivity index (χ3v) is 4.32. The maximum atomic E-state index is 12.2. The number of fused-ring (bicyclic) bond motifs is 2. The molecule has 3 rings (SSSR count). The lowest BCUT2D eigenvalue weighted by molar-refractivity contribution is -0.109. The van der Waals surface area contributed by atoms with Crippen LogP contribution in [-0.2, 0) is 4.84 Å². The molecule has 6 heteroatoms. The molecule has 100 valence electrons. The quantitative estimate of drug-likeness (QED) is 0.792. The molecule has 1 aromatic rings. The lowest BCUT2D eigenvalue weighted by atomic mass is 9.99. The number of carbonyl (C=O) groups is 1. The smallest absolute Gasteiger partial charge is 0.316 e. The molecule has 1 aromatic heterocycles. The first-order valence-electron chi connectivity index (χ1n) is 6.14. The number of carbonyl (C=O) groups excluding carboxylic acids is 1. The Labute approximate surface area is 115 Å². The molecule has 3 heterocycles. The third-order valence-electron chi connectivity index (χ3n) is 3.48. The van der Waals surface area contributed by atoms with Gasteiger partial charge in [0, 0.05) is 23.7 Å². The molecule has 1 saturated heterocycles. The second kappa shape index (κ2) is 4.79. The highest BCUT2D eigenvalue weighted by atomic mass is 32.1. The molecule has 1 fully saturated rings. The van der Waals surface area contributed by atoms with E-state index >= 15 is 0 Å². The number of rotatable bonds is 4. The van der Waals surface area contributed by atoms with Crippen LogP contribution in [0.5, 0.6) is 0 Å². The minimum Gasteiger partial charge on any atom is -0.316 e. The molecule has 0 saturated carbocycles. The van der Waals surface area contributed by atoms with Crippen molar-refractivity contribution in [1.29, 1.82) is 0 Å². The molecule has 0 spiro atoms. The van der Waals surface area contributed by atoms with E-state index < -0.39 is 0 Å². The predicted molar refractivity (Wildman–Crippen MR) is 73.5 cm³/mol. The van der Waals surface area contributed by atoms with Crippen LogP contribution < -0.4 is 0 Å². The van der Waals surface area contributed by atoms with E-state index in [1.165, 1.54) is 10.6 Å². The Hall–Kier alpha value is -1.66. The zero-order chi connectivity index (χ0) is 13.4. The fourth-order valence-corrected chi connectivity index (χ4v) is 3.22. The molecule has 0 N–H and O–H groups in total. The molecule has 1 atom stereocenters. The van der Waals surface area contributed by atoms with Crippen LogP contribution in [-0.4, -0.2) is 46.7 Å². The second-order valence-electron chi connectivity index (χ2n) is 4.59. The van der Waals surface area contributed by atoms with Gasteiger partial charge in [-0.3, -0.25) is 4.84 Å². The van der Waals surface area contributed by atoms with Crippen LogP contribution >= 0.6 is 11.3 Å². The van der Waals surface area contributed by atoms with Crippen molar-refractivity contribution in [3.8, 4) is 0 Å². The van der Waals surface area contributed by atoms with Gasteiger partial charge in [0.1, 0.15) is 11.0 Å². The Kier molecular flexibility index (Phi) is 3.12. The van der Waals surface area contributed by atoms with Crippen LogP contribution in [0.1, 0.15) is 11.9 Å². The van der Waals surface area contributed by atoms with Gasteiger partial charge in [-0.15, -0.1) is 17.9 Å². The first-order valence-corrected chi connectivity index (χ1v) is 7.01. The summed E-state index contributed by atoms with van der Waals surface area (Å²) in [5.74, 6) is 0. The van der Waals surface area contributed by atoms with Crippen molar-refractivity contribution in [2.75, 3.05) is 19.7 Å². The topological polar surface area (TPSA) is 45.7 Å². The summed E-state index contributed by atoms with van der Waals surface area (Å²) in [5, 5.41) is 4.41. The summed E-state index contributed by atoms with van der Waals surface area (Å²) in [5.41, 5.74) is 2.31. The fraction of sp³-hybridized carbons (Fsp3) is 0.385. The van der Waals surface area contributed by atoms with Gasteiger partial charge < -0.3 is 4.90 Å². The van der Waals surface area contributed by atoms with Crippen molar-refractivity contribution in [1.82, 2.24) is 14.9 Å². The molecule has 0 aromatic carbocycles. The summed E-state index contributed by atoms with van der Waals surface area (Å²) in [4.78, 5) is 23.8. The number of aromatic nitrogens is 1. The molecule has 0 radical (unpaired) electrons. The molecular weight excluding hydrogens is 262 g/mol. The van der Waals surface area contributed by atoms with Gasteiger partial charge in [-0.2, -0.15) is 5.06 Å². The molecule has 0 aliphatic carbocycles. The minimum atomic E-state index is -0.0715. The molecule has 2 aliphatic heterocycles. The van der Waals surface area contributed by atoms with Crippen molar-refractivity contribution in [3.63, 3.8) is 0 Å². The van der Waals surface area contributed by atoms with E-state index in [-0.39, 0.29) is 12.1 Å². The lowest BCUT2D eigenvalue weighted by Gasteiger charge is -2.25. The van der Waals surface area contributed by atoms with E-state index in [0.717, 1.165) is 10.6 Å². The number of urea groups is 1. The highest BCUT2D eigenvalue weighted by molar-refractivity contribution is 7.10. The first-order chi connectivity index (χ1) is 9.22. The monoisotopic (exact) mass is 277 g/mol.